The largest absolute Gasteiger partial charge is 0.309 e. The lowest BCUT2D eigenvalue weighted by molar-refractivity contribution is 1.17. The highest BCUT2D eigenvalue weighted by molar-refractivity contribution is 6.15. The van der Waals surface area contributed by atoms with Crippen molar-refractivity contribution in [2.75, 3.05) is 0 Å². The monoisotopic (exact) mass is 1730 g/mol. The summed E-state index contributed by atoms with van der Waals surface area (Å²) in [7, 11) is 0. The van der Waals surface area contributed by atoms with E-state index < -0.39 is 0 Å². The zero-order chi connectivity index (χ0) is 89.9. The van der Waals surface area contributed by atoms with Gasteiger partial charge in [-0.05, 0) is 194 Å². The van der Waals surface area contributed by atoms with Gasteiger partial charge in [-0.2, -0.15) is 0 Å². The van der Waals surface area contributed by atoms with E-state index in [0.29, 0.717) is 11.6 Å². The number of para-hydroxylation sites is 4. The first-order chi connectivity index (χ1) is 67.4. The van der Waals surface area contributed by atoms with Gasteiger partial charge in [0.15, 0.2) is 11.6 Å². The minimum absolute atomic E-state index is 0.708. The van der Waals surface area contributed by atoms with Crippen molar-refractivity contribution in [1.82, 2.24) is 38.2 Å². The van der Waals surface area contributed by atoms with Crippen molar-refractivity contribution in [3.8, 4) is 157 Å². The number of fused-ring (bicyclic) bond motifs is 12. The predicted octanol–water partition coefficient (Wildman–Crippen LogP) is 33.3. The molecule has 26 aromatic rings. The lowest BCUT2D eigenvalue weighted by Crippen LogP contribution is -1.97. The van der Waals surface area contributed by atoms with E-state index in [4.69, 9.17) is 19.9 Å². The van der Waals surface area contributed by atoms with Crippen LogP contribution in [0.2, 0.25) is 0 Å². The molecule has 8 nitrogen and oxygen atoms in total. The van der Waals surface area contributed by atoms with Gasteiger partial charge in [0.25, 0.3) is 0 Å². The third-order valence-corrected chi connectivity index (χ3v) is 26.7. The van der Waals surface area contributed by atoms with Gasteiger partial charge in [-0.3, -0.25) is 0 Å². The van der Waals surface area contributed by atoms with Crippen molar-refractivity contribution in [3.63, 3.8) is 0 Å². The Morgan fingerprint density at radius 3 is 0.662 bits per heavy atom. The highest BCUT2D eigenvalue weighted by atomic mass is 15.0. The van der Waals surface area contributed by atoms with Crippen molar-refractivity contribution < 1.29 is 0 Å². The first-order valence-electron chi connectivity index (χ1n) is 46.3. The molecule has 0 aliphatic carbocycles. The second kappa shape index (κ2) is 34.2. The van der Waals surface area contributed by atoms with E-state index in [0.717, 1.165) is 95.5 Å². The first-order valence-corrected chi connectivity index (χ1v) is 46.3. The van der Waals surface area contributed by atoms with Gasteiger partial charge < -0.3 is 18.3 Å². The normalized spacial score (nSPS) is 11.5. The van der Waals surface area contributed by atoms with Gasteiger partial charge in [0, 0.05) is 99.2 Å². The average Bonchev–Trinajstić information content (AvgIpc) is 1.60. The van der Waals surface area contributed by atoms with Crippen molar-refractivity contribution >= 4 is 87.2 Å². The Bertz CT molecular complexity index is 8830. The van der Waals surface area contributed by atoms with Crippen LogP contribution >= 0.6 is 0 Å². The highest BCUT2D eigenvalue weighted by Gasteiger charge is 2.23. The number of benzene rings is 20. The molecule has 0 saturated carbocycles. The van der Waals surface area contributed by atoms with Crippen molar-refractivity contribution in [2.45, 2.75) is 0 Å². The fourth-order valence-corrected chi connectivity index (χ4v) is 20.0. The summed E-state index contributed by atoms with van der Waals surface area (Å²) in [6, 6.07) is 182. The molecule has 0 amide bonds. The maximum Gasteiger partial charge on any atom is 0.160 e. The minimum Gasteiger partial charge on any atom is -0.309 e. The Hall–Kier alpha value is -18.2. The van der Waals surface area contributed by atoms with Gasteiger partial charge in [0.2, 0.25) is 0 Å². The maximum atomic E-state index is 5.10. The molecule has 0 aliphatic rings. The summed E-state index contributed by atoms with van der Waals surface area (Å²) in [5.74, 6) is 1.42. The van der Waals surface area contributed by atoms with Crippen molar-refractivity contribution in [1.29, 1.82) is 0 Å². The van der Waals surface area contributed by atoms with E-state index in [1.165, 1.54) is 137 Å². The number of aromatic nitrogens is 8. The van der Waals surface area contributed by atoms with Crippen LogP contribution in [-0.2, 0) is 0 Å². The lowest BCUT2D eigenvalue weighted by atomic mass is 9.98. The molecule has 6 heterocycles. The Morgan fingerprint density at radius 2 is 0.324 bits per heavy atom. The Kier molecular flexibility index (Phi) is 20.1. The summed E-state index contributed by atoms with van der Waals surface area (Å²) >= 11 is 0. The van der Waals surface area contributed by atoms with E-state index in [1.807, 2.05) is 48.5 Å². The summed E-state index contributed by atoms with van der Waals surface area (Å²) < 4.78 is 9.63. The third-order valence-electron chi connectivity index (χ3n) is 26.7. The minimum atomic E-state index is 0.708. The van der Waals surface area contributed by atoms with Crippen molar-refractivity contribution in [2.24, 2.45) is 0 Å². The second-order valence-corrected chi connectivity index (χ2v) is 34.8. The molecule has 0 atom stereocenters. The molecule has 0 fully saturated rings. The van der Waals surface area contributed by atoms with Crippen LogP contribution in [-0.4, -0.2) is 38.2 Å². The molecule has 0 radical (unpaired) electrons. The molecule has 0 bridgehead atoms. The standard InChI is InChI=1S/2C64H42N4/c1-5-17-43(18-6-1)50-37-51(44-19-7-2-8-20-44)39-53(38-50)68-60-27-15-13-25-54(60)56-35-31-49(41-63(56)68)48-32-36-62-57(40-48)55-26-14-16-28-61(55)67(62)52-33-29-46(30-34-52)59-42-58(45-21-9-3-10-22-45)65-64(66-59)47-23-11-4-12-24-47;1-4-14-43(15-5-1)44-24-26-45(27-25-44)46-28-34-53(35-29-46)68-60-22-12-10-20-54(60)56-38-32-51(41-63(56)68)50-33-39-62-57(40-50)55-21-11-13-23-61(55)67(62)52-36-30-48(31-37-52)59-42-58(47-16-6-2-7-17-47)65-64(66-59)49-18-8-3-9-19-49/h2*1-42H. The molecule has 26 rings (SSSR count). The van der Waals surface area contributed by atoms with Crippen molar-refractivity contribution in [3.05, 3.63) is 510 Å². The summed E-state index contributed by atoms with van der Waals surface area (Å²) in [6.07, 6.45) is 0. The zero-order valence-corrected chi connectivity index (χ0v) is 74.1. The number of nitrogens with zero attached hydrogens (tertiary/aromatic N) is 8. The second-order valence-electron chi connectivity index (χ2n) is 34.8. The van der Waals surface area contributed by atoms with Crippen LogP contribution in [0.5, 0.6) is 0 Å². The quantitative estimate of drug-likeness (QED) is 0.0966. The highest BCUT2D eigenvalue weighted by Crippen LogP contribution is 2.45. The average molecular weight is 1730 g/mol. The predicted molar refractivity (Wildman–Crippen MR) is 567 cm³/mol. The van der Waals surface area contributed by atoms with Crippen LogP contribution in [0.1, 0.15) is 0 Å². The Balaban J connectivity index is 0.000000145. The topological polar surface area (TPSA) is 71.3 Å². The van der Waals surface area contributed by atoms with E-state index in [1.54, 1.807) is 0 Å². The van der Waals surface area contributed by atoms with Gasteiger partial charge in [-0.1, -0.05) is 382 Å². The molecule has 136 heavy (non-hydrogen) atoms. The molecular formula is C128H84N8. The van der Waals surface area contributed by atoms with E-state index >= 15 is 0 Å². The fourth-order valence-electron chi connectivity index (χ4n) is 20.0. The number of rotatable bonds is 16. The molecule has 20 aromatic carbocycles. The zero-order valence-electron chi connectivity index (χ0n) is 74.1. The SMILES string of the molecule is c1ccc(-c2cc(-c3ccccc3)cc(-n3c4ccccc4c4ccc(-c5ccc6c(c5)c5ccccc5n6-c5ccc(-c6cc(-c7ccccc7)nc(-c7ccccc7)n6)cc5)cc43)c2)cc1.c1ccc(-c2ccc(-c3ccc(-n4c5ccccc5c5ccc(-c6ccc7c(c6)c6ccccc6n7-c6ccc(-c7cc(-c8ccccc8)nc(-c8ccccc8)n7)cc6)cc54)cc3)cc2)cc1. The van der Waals surface area contributed by atoms with E-state index in [-0.39, 0.29) is 0 Å². The smallest absolute Gasteiger partial charge is 0.160 e. The molecule has 636 valence electrons. The van der Waals surface area contributed by atoms with Crippen LogP contribution in [0.4, 0.5) is 0 Å². The molecule has 0 N–H and O–H groups in total. The van der Waals surface area contributed by atoms with Crippen LogP contribution in [0.15, 0.2) is 510 Å². The summed E-state index contributed by atoms with van der Waals surface area (Å²) in [6.45, 7) is 0. The van der Waals surface area contributed by atoms with Crippen LogP contribution in [0.25, 0.3) is 245 Å². The molecule has 0 saturated heterocycles. The van der Waals surface area contributed by atoms with Crippen LogP contribution < -0.4 is 0 Å². The lowest BCUT2D eigenvalue weighted by Gasteiger charge is -2.14. The Morgan fingerprint density at radius 1 is 0.110 bits per heavy atom. The molecular weight excluding hydrogens is 1650 g/mol. The Labute approximate surface area is 786 Å². The molecule has 0 aliphatic heterocycles. The molecule has 0 unspecified atom stereocenters. The van der Waals surface area contributed by atoms with Crippen LogP contribution in [0, 0.1) is 0 Å². The van der Waals surface area contributed by atoms with Gasteiger partial charge in [0.05, 0.1) is 66.9 Å². The van der Waals surface area contributed by atoms with Gasteiger partial charge >= 0.3 is 0 Å². The molecule has 6 aromatic heterocycles. The van der Waals surface area contributed by atoms with Crippen LogP contribution in [0.3, 0.4) is 0 Å². The summed E-state index contributed by atoms with van der Waals surface area (Å²) in [5, 5.41) is 9.80. The molecule has 0 spiro atoms. The maximum absolute atomic E-state index is 5.10. The van der Waals surface area contributed by atoms with E-state index in [2.05, 4.69) is 479 Å². The summed E-state index contributed by atoms with van der Waals surface area (Å²) in [5.41, 5.74) is 37.8. The summed E-state index contributed by atoms with van der Waals surface area (Å²) in [4.78, 5) is 20.2. The first kappa shape index (κ1) is 79.9. The van der Waals surface area contributed by atoms with Gasteiger partial charge in [-0.25, -0.2) is 19.9 Å². The number of hydrogen-bond donors (Lipinski definition) is 0. The molecule has 8 heteroatoms. The van der Waals surface area contributed by atoms with Gasteiger partial charge in [-0.15, -0.1) is 0 Å². The fraction of sp³-hybridized carbons (Fsp3) is 0. The van der Waals surface area contributed by atoms with Gasteiger partial charge in [0.1, 0.15) is 0 Å². The third kappa shape index (κ3) is 14.7. The van der Waals surface area contributed by atoms with E-state index in [9.17, 15) is 0 Å². The number of hydrogen-bond acceptors (Lipinski definition) is 4.